The molecule has 45 heavy (non-hydrogen) atoms. The van der Waals surface area contributed by atoms with Crippen LogP contribution in [0.4, 0.5) is 26.2 Å². The third-order valence-corrected chi connectivity index (χ3v) is 8.26. The number of halogens is 2. The summed E-state index contributed by atoms with van der Waals surface area (Å²) in [5.41, 5.74) is -3.22. The van der Waals surface area contributed by atoms with E-state index in [4.69, 9.17) is 4.74 Å². The third-order valence-electron chi connectivity index (χ3n) is 8.26. The Morgan fingerprint density at radius 3 is 2.51 bits per heavy atom. The minimum absolute atomic E-state index is 0.00206. The average molecular weight is 632 g/mol. The molecular formula is C30H43F2N9O4. The molecular weight excluding hydrogens is 588 g/mol. The number of anilines is 3. The summed E-state index contributed by atoms with van der Waals surface area (Å²) >= 11 is 0. The fourth-order valence-corrected chi connectivity index (χ4v) is 6.38. The van der Waals surface area contributed by atoms with Crippen LogP contribution in [0.1, 0.15) is 67.2 Å². The van der Waals surface area contributed by atoms with Gasteiger partial charge in [0.2, 0.25) is 5.95 Å². The number of aliphatic hydroxyl groups is 2. The summed E-state index contributed by atoms with van der Waals surface area (Å²) in [4.78, 5) is 25.6. The second-order valence-corrected chi connectivity index (χ2v) is 14.0. The highest BCUT2D eigenvalue weighted by atomic mass is 19.1. The first kappa shape index (κ1) is 32.7. The highest BCUT2D eigenvalue weighted by Gasteiger charge is 2.45. The van der Waals surface area contributed by atoms with Gasteiger partial charge in [-0.2, -0.15) is 14.3 Å². The van der Waals surface area contributed by atoms with Gasteiger partial charge in [0.1, 0.15) is 18.0 Å². The first-order valence-corrected chi connectivity index (χ1v) is 15.2. The smallest absolute Gasteiger partial charge is 0.368 e. The predicted molar refractivity (Wildman–Crippen MR) is 164 cm³/mol. The number of rotatable bonds is 10. The first-order chi connectivity index (χ1) is 20.9. The van der Waals surface area contributed by atoms with Crippen molar-refractivity contribution < 1.29 is 23.7 Å². The molecule has 0 saturated carbocycles. The number of fused-ring (bicyclic) bond motifs is 1. The van der Waals surface area contributed by atoms with Crippen LogP contribution in [0.25, 0.3) is 5.69 Å². The van der Waals surface area contributed by atoms with E-state index in [9.17, 15) is 15.0 Å². The molecule has 2 saturated heterocycles. The van der Waals surface area contributed by atoms with Crippen LogP contribution in [0.5, 0.6) is 5.75 Å². The van der Waals surface area contributed by atoms with E-state index >= 15 is 8.78 Å². The Kier molecular flexibility index (Phi) is 8.66. The molecule has 2 fully saturated rings. The van der Waals surface area contributed by atoms with Crippen molar-refractivity contribution in [2.45, 2.75) is 96.1 Å². The Balaban J connectivity index is 1.51. The van der Waals surface area contributed by atoms with E-state index in [1.165, 1.54) is 27.0 Å². The van der Waals surface area contributed by atoms with Gasteiger partial charge in [0.15, 0.2) is 17.5 Å². The fraction of sp³-hybridized carbons (Fsp3) is 0.633. The lowest BCUT2D eigenvalue weighted by atomic mass is 9.82. The molecule has 1 aromatic carbocycles. The average Bonchev–Trinajstić information content (AvgIpc) is 3.54. The minimum atomic E-state index is -1.24. The largest absolute Gasteiger partial charge is 0.488 e. The van der Waals surface area contributed by atoms with Gasteiger partial charge >= 0.3 is 5.69 Å². The molecule has 2 aliphatic heterocycles. The van der Waals surface area contributed by atoms with Crippen LogP contribution in [-0.2, 0) is 7.05 Å². The van der Waals surface area contributed by atoms with Crippen LogP contribution in [-0.4, -0.2) is 93.4 Å². The summed E-state index contributed by atoms with van der Waals surface area (Å²) in [5, 5.41) is 31.4. The van der Waals surface area contributed by atoms with Gasteiger partial charge in [0.05, 0.1) is 23.1 Å². The van der Waals surface area contributed by atoms with Crippen LogP contribution in [0.2, 0.25) is 0 Å². The Hall–Kier alpha value is -3.69. The van der Waals surface area contributed by atoms with E-state index < -0.39 is 28.5 Å². The Morgan fingerprint density at radius 1 is 1.13 bits per heavy atom. The normalized spacial score (nSPS) is 20.2. The van der Waals surface area contributed by atoms with E-state index in [0.717, 1.165) is 53.9 Å². The molecule has 13 nitrogen and oxygen atoms in total. The second-order valence-electron chi connectivity index (χ2n) is 14.0. The highest BCUT2D eigenvalue weighted by molar-refractivity contribution is 5.64. The number of nitrogens with one attached hydrogen (secondary N) is 1. The predicted octanol–water partition coefficient (Wildman–Crippen LogP) is 2.91. The molecule has 3 aromatic rings. The molecule has 0 spiro atoms. The maximum absolute atomic E-state index is 15.5. The lowest BCUT2D eigenvalue weighted by Gasteiger charge is -2.51. The SMILES string of the molecule is Cn1nnn(-c2cc(Nc3ncc(F)c(N(CC(C)(C)O)[C@@H]4C[C@H]5CCCN5C(C)(C)C4)n3)c(F)cc2OCC(C)(C)O)c1=O. The van der Waals surface area contributed by atoms with Crippen molar-refractivity contribution in [1.82, 2.24) is 34.7 Å². The van der Waals surface area contributed by atoms with Gasteiger partial charge in [0, 0.05) is 37.3 Å². The minimum Gasteiger partial charge on any atom is -0.488 e. The van der Waals surface area contributed by atoms with Crippen molar-refractivity contribution in [3.63, 3.8) is 0 Å². The number of hydrogen-bond donors (Lipinski definition) is 3. The Labute approximate surface area is 260 Å². The molecule has 0 unspecified atom stereocenters. The molecule has 2 aromatic heterocycles. The van der Waals surface area contributed by atoms with E-state index in [2.05, 4.69) is 44.5 Å². The fourth-order valence-electron chi connectivity index (χ4n) is 6.38. The number of tetrazole rings is 1. The number of hydrogen-bond acceptors (Lipinski definition) is 11. The number of benzene rings is 1. The van der Waals surface area contributed by atoms with Crippen molar-refractivity contribution in [2.75, 3.05) is 29.9 Å². The van der Waals surface area contributed by atoms with Crippen molar-refractivity contribution in [2.24, 2.45) is 7.05 Å². The summed E-state index contributed by atoms with van der Waals surface area (Å²) in [5.74, 6) is -1.59. The van der Waals surface area contributed by atoms with Gasteiger partial charge in [-0.3, -0.25) is 4.90 Å². The zero-order valence-corrected chi connectivity index (χ0v) is 26.9. The van der Waals surface area contributed by atoms with Crippen molar-refractivity contribution >= 4 is 17.5 Å². The van der Waals surface area contributed by atoms with Gasteiger partial charge < -0.3 is 25.2 Å². The number of piperidine rings is 1. The number of aryl methyl sites for hydroxylation is 1. The molecule has 246 valence electrons. The van der Waals surface area contributed by atoms with Crippen molar-refractivity contribution in [1.29, 1.82) is 0 Å². The lowest BCUT2D eigenvalue weighted by molar-refractivity contribution is 0.0283. The monoisotopic (exact) mass is 631 g/mol. The van der Waals surface area contributed by atoms with Crippen molar-refractivity contribution in [3.8, 4) is 11.4 Å². The zero-order chi connectivity index (χ0) is 32.9. The quantitative estimate of drug-likeness (QED) is 0.304. The summed E-state index contributed by atoms with van der Waals surface area (Å²) in [7, 11) is 1.41. The van der Waals surface area contributed by atoms with Crippen LogP contribution in [0.3, 0.4) is 0 Å². The van der Waals surface area contributed by atoms with Gasteiger partial charge in [-0.15, -0.1) is 0 Å². The first-order valence-electron chi connectivity index (χ1n) is 15.2. The summed E-state index contributed by atoms with van der Waals surface area (Å²) < 4.78 is 38.6. The third kappa shape index (κ3) is 7.25. The molecule has 0 bridgehead atoms. The van der Waals surface area contributed by atoms with E-state index in [0.29, 0.717) is 6.04 Å². The Bertz CT molecular complexity index is 1600. The number of aromatic nitrogens is 6. The summed E-state index contributed by atoms with van der Waals surface area (Å²) in [6.45, 7) is 11.7. The second kappa shape index (κ2) is 11.9. The number of ether oxygens (including phenoxy) is 1. The van der Waals surface area contributed by atoms with Crippen LogP contribution in [0, 0.1) is 11.6 Å². The molecule has 0 aliphatic carbocycles. The van der Waals surface area contributed by atoms with Gasteiger partial charge in [-0.1, -0.05) is 0 Å². The topological polar surface area (TPSA) is 147 Å². The summed E-state index contributed by atoms with van der Waals surface area (Å²) in [6, 6.07) is 2.57. The van der Waals surface area contributed by atoms with Crippen LogP contribution >= 0.6 is 0 Å². The molecule has 4 heterocycles. The molecule has 3 N–H and O–H groups in total. The van der Waals surface area contributed by atoms with Crippen LogP contribution in [0.15, 0.2) is 23.1 Å². The van der Waals surface area contributed by atoms with E-state index in [1.54, 1.807) is 13.8 Å². The molecule has 0 amide bonds. The van der Waals surface area contributed by atoms with Crippen LogP contribution < -0.4 is 20.6 Å². The zero-order valence-electron chi connectivity index (χ0n) is 26.9. The maximum Gasteiger partial charge on any atom is 0.368 e. The van der Waals surface area contributed by atoms with Gasteiger partial charge in [-0.25, -0.2) is 18.6 Å². The summed E-state index contributed by atoms with van der Waals surface area (Å²) in [6.07, 6.45) is 4.72. The number of nitrogens with zero attached hydrogens (tertiary/aromatic N) is 8. The molecule has 15 heteroatoms. The standard InChI is InChI=1S/C30H43F2N9O4/c1-28(2)14-19(11-18-9-8-10-40(18)28)39(16-29(3,4)43)25-21(32)15-33-26(35-25)34-22-13-23(41-27(42)38(7)36-37-41)24(12-20(22)31)45-17-30(5,6)44/h12-13,15,18-19,43-44H,8-11,14,16-17H2,1-7H3,(H,33,34,35)/t18-,19-/m1/s1. The molecule has 0 radical (unpaired) electrons. The van der Waals surface area contributed by atoms with E-state index in [1.807, 2.05) is 4.90 Å². The van der Waals surface area contributed by atoms with Crippen molar-refractivity contribution in [3.05, 3.63) is 40.4 Å². The molecule has 2 aliphatic rings. The Morgan fingerprint density at radius 2 is 1.87 bits per heavy atom. The molecule has 5 rings (SSSR count). The maximum atomic E-state index is 15.5. The highest BCUT2D eigenvalue weighted by Crippen LogP contribution is 2.41. The van der Waals surface area contributed by atoms with E-state index in [-0.39, 0.29) is 53.6 Å². The van der Waals surface area contributed by atoms with Gasteiger partial charge in [-0.05, 0) is 90.3 Å². The lowest BCUT2D eigenvalue weighted by Crippen LogP contribution is -2.59. The van der Waals surface area contributed by atoms with Gasteiger partial charge in [0.25, 0.3) is 0 Å². The molecule has 2 atom stereocenters.